The van der Waals surface area contributed by atoms with Gasteiger partial charge in [-0.3, -0.25) is 0 Å². The molecule has 1 aliphatic heterocycles. The second-order valence-corrected chi connectivity index (χ2v) is 9.60. The summed E-state index contributed by atoms with van der Waals surface area (Å²) < 4.78 is 44.3. The van der Waals surface area contributed by atoms with E-state index in [-0.39, 0.29) is 0 Å². The van der Waals surface area contributed by atoms with Crippen molar-refractivity contribution in [1.82, 2.24) is 4.31 Å². The van der Waals surface area contributed by atoms with Crippen LogP contribution in [0.4, 0.5) is 5.69 Å². The molecule has 0 unspecified atom stereocenters. The van der Waals surface area contributed by atoms with Crippen LogP contribution in [-0.2, 0) is 10.0 Å². The smallest absolute Gasteiger partial charge is 0.243 e. The largest absolute Gasteiger partial charge is 0.493 e. The first kappa shape index (κ1) is 22.9. The molecule has 0 saturated carbocycles. The number of hydrogen-bond donors (Lipinski definition) is 0. The zero-order chi connectivity index (χ0) is 23.4. The molecule has 4 rings (SSSR count). The fraction of sp³-hybridized carbons (Fsp3) is 0.280. The van der Waals surface area contributed by atoms with Crippen LogP contribution in [0, 0.1) is 0 Å². The normalized spacial score (nSPS) is 14.7. The Balaban J connectivity index is 1.48. The molecule has 3 aromatic carbocycles. The summed E-state index contributed by atoms with van der Waals surface area (Å²) in [6.45, 7) is 1.89. The molecule has 1 saturated heterocycles. The first-order chi connectivity index (χ1) is 16.0. The number of anilines is 1. The molecule has 0 spiro atoms. The second kappa shape index (κ2) is 9.72. The van der Waals surface area contributed by atoms with Gasteiger partial charge in [0.05, 0.1) is 26.2 Å². The Kier molecular flexibility index (Phi) is 6.76. The average Bonchev–Trinajstić information content (AvgIpc) is 2.88. The van der Waals surface area contributed by atoms with Gasteiger partial charge in [-0.15, -0.1) is 0 Å². The quantitative estimate of drug-likeness (QED) is 0.524. The van der Waals surface area contributed by atoms with E-state index < -0.39 is 10.0 Å². The third kappa shape index (κ3) is 4.62. The fourth-order valence-corrected chi connectivity index (χ4v) is 5.46. The molecular formula is C25H28N2O5S. The number of methoxy groups -OCH3 is 3. The molecule has 0 N–H and O–H groups in total. The van der Waals surface area contributed by atoms with E-state index in [0.29, 0.717) is 48.3 Å². The van der Waals surface area contributed by atoms with Gasteiger partial charge in [0.1, 0.15) is 0 Å². The first-order valence-electron chi connectivity index (χ1n) is 10.7. The van der Waals surface area contributed by atoms with Crippen LogP contribution < -0.4 is 19.1 Å². The number of piperazine rings is 1. The maximum absolute atomic E-state index is 13.2. The van der Waals surface area contributed by atoms with E-state index >= 15 is 0 Å². The number of benzene rings is 3. The lowest BCUT2D eigenvalue weighted by Gasteiger charge is -2.35. The molecule has 7 nitrogen and oxygen atoms in total. The topological polar surface area (TPSA) is 68.3 Å². The Morgan fingerprint density at radius 1 is 0.697 bits per heavy atom. The summed E-state index contributed by atoms with van der Waals surface area (Å²) in [5.41, 5.74) is 2.94. The Hall–Kier alpha value is -3.23. The molecule has 0 bridgehead atoms. The Labute approximate surface area is 195 Å². The number of ether oxygens (including phenoxy) is 3. The predicted molar refractivity (Wildman–Crippen MR) is 129 cm³/mol. The lowest BCUT2D eigenvalue weighted by Crippen LogP contribution is -2.48. The van der Waals surface area contributed by atoms with Crippen molar-refractivity contribution in [2.75, 3.05) is 52.4 Å². The highest BCUT2D eigenvalue weighted by atomic mass is 32.2. The maximum atomic E-state index is 13.2. The number of rotatable bonds is 7. The van der Waals surface area contributed by atoms with Crippen LogP contribution >= 0.6 is 0 Å². The van der Waals surface area contributed by atoms with Gasteiger partial charge in [-0.25, -0.2) is 8.42 Å². The van der Waals surface area contributed by atoms with Crippen LogP contribution in [0.1, 0.15) is 0 Å². The number of sulfonamides is 1. The van der Waals surface area contributed by atoms with Gasteiger partial charge in [-0.2, -0.15) is 4.31 Å². The van der Waals surface area contributed by atoms with E-state index in [0.717, 1.165) is 16.8 Å². The van der Waals surface area contributed by atoms with Crippen LogP contribution in [0.2, 0.25) is 0 Å². The highest BCUT2D eigenvalue weighted by Gasteiger charge is 2.29. The average molecular weight is 469 g/mol. The molecule has 0 atom stereocenters. The SMILES string of the molecule is COc1cc(N2CCN(S(=O)(=O)c3ccc(-c4ccccc4)cc3)CC2)cc(OC)c1OC. The minimum absolute atomic E-state index is 0.309. The zero-order valence-electron chi connectivity index (χ0n) is 19.0. The molecule has 0 aromatic heterocycles. The Bertz CT molecular complexity index is 1160. The molecule has 8 heteroatoms. The molecular weight excluding hydrogens is 440 g/mol. The van der Waals surface area contributed by atoms with Gasteiger partial charge in [-0.05, 0) is 23.3 Å². The molecule has 1 heterocycles. The van der Waals surface area contributed by atoms with Crippen molar-refractivity contribution in [3.05, 3.63) is 66.7 Å². The maximum Gasteiger partial charge on any atom is 0.243 e. The number of hydrogen-bond acceptors (Lipinski definition) is 6. The molecule has 0 amide bonds. The van der Waals surface area contributed by atoms with E-state index in [1.807, 2.05) is 54.6 Å². The van der Waals surface area contributed by atoms with Crippen molar-refractivity contribution < 1.29 is 22.6 Å². The lowest BCUT2D eigenvalue weighted by atomic mass is 10.1. The van der Waals surface area contributed by atoms with Gasteiger partial charge >= 0.3 is 0 Å². The van der Waals surface area contributed by atoms with Crippen molar-refractivity contribution >= 4 is 15.7 Å². The third-order valence-electron chi connectivity index (χ3n) is 5.85. The summed E-state index contributed by atoms with van der Waals surface area (Å²) in [7, 11) is 1.16. The standard InChI is InChI=1S/C25H28N2O5S/c1-30-23-17-21(18-24(31-2)25(23)32-3)26-13-15-27(16-14-26)33(28,29)22-11-9-20(10-12-22)19-7-5-4-6-8-19/h4-12,17-18H,13-16H2,1-3H3. The summed E-state index contributed by atoms with van der Waals surface area (Å²) in [5.74, 6) is 1.67. The van der Waals surface area contributed by atoms with Crippen LogP contribution in [0.25, 0.3) is 11.1 Å². The van der Waals surface area contributed by atoms with E-state index in [4.69, 9.17) is 14.2 Å². The molecule has 0 aliphatic carbocycles. The van der Waals surface area contributed by atoms with Crippen LogP contribution in [0.15, 0.2) is 71.6 Å². The second-order valence-electron chi connectivity index (χ2n) is 7.67. The summed E-state index contributed by atoms with van der Waals surface area (Å²) in [6.07, 6.45) is 0. The summed E-state index contributed by atoms with van der Waals surface area (Å²) in [5, 5.41) is 0. The van der Waals surface area contributed by atoms with Gasteiger partial charge in [0, 0.05) is 44.0 Å². The highest BCUT2D eigenvalue weighted by Crippen LogP contribution is 2.41. The van der Waals surface area contributed by atoms with Crippen molar-refractivity contribution in [2.45, 2.75) is 4.90 Å². The van der Waals surface area contributed by atoms with Gasteiger partial charge < -0.3 is 19.1 Å². The van der Waals surface area contributed by atoms with Crippen molar-refractivity contribution in [2.24, 2.45) is 0 Å². The van der Waals surface area contributed by atoms with E-state index in [9.17, 15) is 8.42 Å². The monoisotopic (exact) mass is 468 g/mol. The van der Waals surface area contributed by atoms with Crippen LogP contribution in [-0.4, -0.2) is 60.2 Å². The van der Waals surface area contributed by atoms with Crippen LogP contribution in [0.5, 0.6) is 17.2 Å². The van der Waals surface area contributed by atoms with Crippen molar-refractivity contribution in [1.29, 1.82) is 0 Å². The minimum atomic E-state index is -3.57. The molecule has 0 radical (unpaired) electrons. The summed E-state index contributed by atoms with van der Waals surface area (Å²) in [4.78, 5) is 2.43. The van der Waals surface area contributed by atoms with Crippen molar-refractivity contribution in [3.8, 4) is 28.4 Å². The third-order valence-corrected chi connectivity index (χ3v) is 7.77. The molecule has 3 aromatic rings. The highest BCUT2D eigenvalue weighted by molar-refractivity contribution is 7.89. The molecule has 1 fully saturated rings. The lowest BCUT2D eigenvalue weighted by molar-refractivity contribution is 0.324. The summed E-state index contributed by atoms with van der Waals surface area (Å²) in [6, 6.07) is 20.7. The molecule has 1 aliphatic rings. The molecule has 33 heavy (non-hydrogen) atoms. The first-order valence-corrected chi connectivity index (χ1v) is 12.1. The van der Waals surface area contributed by atoms with Crippen LogP contribution in [0.3, 0.4) is 0 Å². The zero-order valence-corrected chi connectivity index (χ0v) is 19.8. The van der Waals surface area contributed by atoms with Crippen molar-refractivity contribution in [3.63, 3.8) is 0 Å². The Morgan fingerprint density at radius 2 is 1.24 bits per heavy atom. The minimum Gasteiger partial charge on any atom is -0.493 e. The van der Waals surface area contributed by atoms with E-state index in [2.05, 4.69) is 4.90 Å². The van der Waals surface area contributed by atoms with Gasteiger partial charge in [0.15, 0.2) is 11.5 Å². The summed E-state index contributed by atoms with van der Waals surface area (Å²) >= 11 is 0. The van der Waals surface area contributed by atoms with Gasteiger partial charge in [-0.1, -0.05) is 42.5 Å². The predicted octanol–water partition coefficient (Wildman–Crippen LogP) is 3.89. The van der Waals surface area contributed by atoms with E-state index in [1.54, 1.807) is 37.8 Å². The Morgan fingerprint density at radius 3 is 1.76 bits per heavy atom. The fourth-order valence-electron chi connectivity index (χ4n) is 4.04. The number of nitrogens with zero attached hydrogens (tertiary/aromatic N) is 2. The van der Waals surface area contributed by atoms with Gasteiger partial charge in [0.2, 0.25) is 15.8 Å². The molecule has 174 valence electrons. The van der Waals surface area contributed by atoms with Gasteiger partial charge in [0.25, 0.3) is 0 Å². The van der Waals surface area contributed by atoms with E-state index in [1.165, 1.54) is 0 Å².